The van der Waals surface area contributed by atoms with Crippen LogP contribution >= 0.6 is 15.9 Å². The normalized spacial score (nSPS) is 23.0. The molecule has 1 aromatic rings. The van der Waals surface area contributed by atoms with Gasteiger partial charge < -0.3 is 10.2 Å². The van der Waals surface area contributed by atoms with E-state index in [1.807, 2.05) is 6.92 Å². The predicted octanol–water partition coefficient (Wildman–Crippen LogP) is 4.88. The lowest BCUT2D eigenvalue weighted by Crippen LogP contribution is -2.17. The molecule has 0 bridgehead atoms. The van der Waals surface area contributed by atoms with E-state index in [0.29, 0.717) is 10.4 Å². The van der Waals surface area contributed by atoms with Crippen molar-refractivity contribution in [3.05, 3.63) is 46.0 Å². The van der Waals surface area contributed by atoms with Crippen LogP contribution in [0.4, 0.5) is 0 Å². The molecule has 0 aromatic heterocycles. The van der Waals surface area contributed by atoms with E-state index in [2.05, 4.69) is 35.5 Å². The van der Waals surface area contributed by atoms with Crippen LogP contribution in [0.15, 0.2) is 40.4 Å². The van der Waals surface area contributed by atoms with Gasteiger partial charge in [-0.25, -0.2) is 0 Å². The highest BCUT2D eigenvalue weighted by molar-refractivity contribution is 9.10. The zero-order chi connectivity index (χ0) is 14.2. The minimum atomic E-state index is 0.0598. The van der Waals surface area contributed by atoms with Crippen molar-refractivity contribution in [2.24, 2.45) is 5.92 Å². The molecule has 0 amide bonds. The highest BCUT2D eigenvalue weighted by atomic mass is 79.9. The van der Waals surface area contributed by atoms with Crippen LogP contribution < -0.4 is 0 Å². The molecule has 2 nitrogen and oxygen atoms in total. The van der Waals surface area contributed by atoms with Crippen molar-refractivity contribution in [3.8, 4) is 11.5 Å². The Morgan fingerprint density at radius 2 is 2.00 bits per heavy atom. The fourth-order valence-corrected chi connectivity index (χ4v) is 3.12. The summed E-state index contributed by atoms with van der Waals surface area (Å²) < 4.78 is 0.609. The summed E-state index contributed by atoms with van der Waals surface area (Å²) in [5.74, 6) is 0.668. The maximum absolute atomic E-state index is 10.1. The van der Waals surface area contributed by atoms with Crippen molar-refractivity contribution in [2.75, 3.05) is 0 Å². The van der Waals surface area contributed by atoms with E-state index in [1.165, 1.54) is 11.6 Å². The molecule has 2 unspecified atom stereocenters. The van der Waals surface area contributed by atoms with Gasteiger partial charge in [0.05, 0.1) is 4.47 Å². The van der Waals surface area contributed by atoms with Gasteiger partial charge in [-0.1, -0.05) is 23.8 Å². The Labute approximate surface area is 122 Å². The Kier molecular flexibility index (Phi) is 4.04. The number of halogens is 1. The SMILES string of the molecule is C=C(C)C1CCC(C)=CC1c1cc(Br)c(O)cc1O. The summed E-state index contributed by atoms with van der Waals surface area (Å²) >= 11 is 3.31. The number of phenolic OH excluding ortho intramolecular Hbond substituents is 2. The molecule has 3 heteroatoms. The second kappa shape index (κ2) is 5.41. The van der Waals surface area contributed by atoms with Gasteiger partial charge in [0.2, 0.25) is 0 Å². The first-order chi connectivity index (χ1) is 8.90. The smallest absolute Gasteiger partial charge is 0.133 e. The molecule has 2 atom stereocenters. The van der Waals surface area contributed by atoms with Crippen molar-refractivity contribution >= 4 is 15.9 Å². The average Bonchev–Trinajstić information content (AvgIpc) is 2.33. The minimum Gasteiger partial charge on any atom is -0.508 e. The zero-order valence-corrected chi connectivity index (χ0v) is 12.9. The third kappa shape index (κ3) is 2.86. The van der Waals surface area contributed by atoms with Crippen LogP contribution in [-0.4, -0.2) is 10.2 Å². The molecule has 0 saturated heterocycles. The van der Waals surface area contributed by atoms with Gasteiger partial charge in [-0.3, -0.25) is 0 Å². The number of hydrogen-bond acceptors (Lipinski definition) is 2. The third-order valence-corrected chi connectivity index (χ3v) is 4.47. The molecule has 0 radical (unpaired) electrons. The lowest BCUT2D eigenvalue weighted by Gasteiger charge is -2.31. The van der Waals surface area contributed by atoms with Crippen LogP contribution in [-0.2, 0) is 0 Å². The summed E-state index contributed by atoms with van der Waals surface area (Å²) in [5.41, 5.74) is 3.32. The molecule has 1 aromatic carbocycles. The molecule has 2 N–H and O–H groups in total. The van der Waals surface area contributed by atoms with Gasteiger partial charge in [0, 0.05) is 17.5 Å². The molecule has 102 valence electrons. The quantitative estimate of drug-likeness (QED) is 0.762. The summed E-state index contributed by atoms with van der Waals surface area (Å²) in [5, 5.41) is 19.7. The fraction of sp³-hybridized carbons (Fsp3) is 0.375. The van der Waals surface area contributed by atoms with Crippen LogP contribution in [0, 0.1) is 5.92 Å². The zero-order valence-electron chi connectivity index (χ0n) is 11.3. The lowest BCUT2D eigenvalue weighted by molar-refractivity contribution is 0.425. The van der Waals surface area contributed by atoms with Crippen molar-refractivity contribution in [3.63, 3.8) is 0 Å². The molecule has 1 aliphatic carbocycles. The van der Waals surface area contributed by atoms with Crippen LogP contribution in [0.1, 0.15) is 38.2 Å². The van der Waals surface area contributed by atoms with E-state index >= 15 is 0 Å². The average molecular weight is 323 g/mol. The minimum absolute atomic E-state index is 0.0598. The number of aromatic hydroxyl groups is 2. The van der Waals surface area contributed by atoms with Crippen molar-refractivity contribution in [1.29, 1.82) is 0 Å². The molecule has 2 rings (SSSR count). The molecule has 19 heavy (non-hydrogen) atoms. The van der Waals surface area contributed by atoms with Crippen LogP contribution in [0.2, 0.25) is 0 Å². The predicted molar refractivity (Wildman–Crippen MR) is 81.5 cm³/mol. The molecule has 0 aliphatic heterocycles. The number of allylic oxidation sites excluding steroid dienone is 3. The van der Waals surface area contributed by atoms with E-state index in [4.69, 9.17) is 0 Å². The Balaban J connectivity index is 2.50. The molecule has 1 aliphatic rings. The van der Waals surface area contributed by atoms with Gasteiger partial charge in [0.15, 0.2) is 0 Å². The highest BCUT2D eigenvalue weighted by Gasteiger charge is 2.28. The van der Waals surface area contributed by atoms with Gasteiger partial charge in [-0.15, -0.1) is 0 Å². The monoisotopic (exact) mass is 322 g/mol. The molecule has 0 spiro atoms. The summed E-state index contributed by atoms with van der Waals surface area (Å²) in [6.45, 7) is 8.24. The van der Waals surface area contributed by atoms with Crippen molar-refractivity contribution < 1.29 is 10.2 Å². The van der Waals surface area contributed by atoms with Gasteiger partial charge in [-0.2, -0.15) is 0 Å². The second-order valence-electron chi connectivity index (χ2n) is 5.39. The van der Waals surface area contributed by atoms with E-state index in [-0.39, 0.29) is 17.4 Å². The van der Waals surface area contributed by atoms with Crippen molar-refractivity contribution in [2.45, 2.75) is 32.6 Å². The summed E-state index contributed by atoms with van der Waals surface area (Å²) in [7, 11) is 0. The first kappa shape index (κ1) is 14.2. The Morgan fingerprint density at radius 1 is 1.32 bits per heavy atom. The maximum Gasteiger partial charge on any atom is 0.133 e. The summed E-state index contributed by atoms with van der Waals surface area (Å²) in [6.07, 6.45) is 4.34. The number of hydrogen-bond donors (Lipinski definition) is 2. The first-order valence-electron chi connectivity index (χ1n) is 6.44. The molecular weight excluding hydrogens is 304 g/mol. The maximum atomic E-state index is 10.1. The third-order valence-electron chi connectivity index (χ3n) is 3.84. The van der Waals surface area contributed by atoms with E-state index in [9.17, 15) is 10.2 Å². The van der Waals surface area contributed by atoms with Gasteiger partial charge >= 0.3 is 0 Å². The van der Waals surface area contributed by atoms with Gasteiger partial charge in [0.1, 0.15) is 11.5 Å². The topological polar surface area (TPSA) is 40.5 Å². The van der Waals surface area contributed by atoms with E-state index in [0.717, 1.165) is 24.0 Å². The molecule has 0 fully saturated rings. The second-order valence-corrected chi connectivity index (χ2v) is 6.25. The van der Waals surface area contributed by atoms with E-state index in [1.54, 1.807) is 6.07 Å². The Hall–Kier alpha value is -1.22. The van der Waals surface area contributed by atoms with Gasteiger partial charge in [-0.05, 0) is 54.6 Å². The largest absolute Gasteiger partial charge is 0.508 e. The molecular formula is C16H19BrO2. The van der Waals surface area contributed by atoms with Crippen molar-refractivity contribution in [1.82, 2.24) is 0 Å². The van der Waals surface area contributed by atoms with Crippen LogP contribution in [0.3, 0.4) is 0 Å². The standard InChI is InChI=1S/C16H19BrO2/c1-9(2)11-5-4-10(3)6-12(11)13-7-14(17)16(19)8-15(13)18/h6-8,11-12,18-19H,1,4-5H2,2-3H3. The molecule has 0 heterocycles. The lowest BCUT2D eigenvalue weighted by atomic mass is 9.74. The first-order valence-corrected chi connectivity index (χ1v) is 7.23. The van der Waals surface area contributed by atoms with Gasteiger partial charge in [0.25, 0.3) is 0 Å². The van der Waals surface area contributed by atoms with Crippen LogP contribution in [0.25, 0.3) is 0 Å². The highest BCUT2D eigenvalue weighted by Crippen LogP contribution is 2.44. The summed E-state index contributed by atoms with van der Waals surface area (Å²) in [4.78, 5) is 0. The molecule has 0 saturated carbocycles. The summed E-state index contributed by atoms with van der Waals surface area (Å²) in [6, 6.07) is 3.20. The van der Waals surface area contributed by atoms with Crippen LogP contribution in [0.5, 0.6) is 11.5 Å². The number of phenols is 2. The fourth-order valence-electron chi connectivity index (χ4n) is 2.76. The Bertz CT molecular complexity index is 546. The van der Waals surface area contributed by atoms with E-state index < -0.39 is 0 Å². The number of rotatable bonds is 2. The Morgan fingerprint density at radius 3 is 2.63 bits per heavy atom. The number of benzene rings is 1.